The van der Waals surface area contributed by atoms with Crippen LogP contribution in [0.1, 0.15) is 29.6 Å². The van der Waals surface area contributed by atoms with Crippen molar-refractivity contribution in [3.8, 4) is 0 Å². The SMILES string of the molecule is [B]c1cccc2cc(C(=O)N3CCCCC3)ccc12. The lowest BCUT2D eigenvalue weighted by Gasteiger charge is -2.26. The molecular formula is C16H16BNO. The molecule has 0 aromatic heterocycles. The number of carbonyl (C=O) groups is 1. The molecule has 1 heterocycles. The molecule has 1 amide bonds. The normalized spacial score (nSPS) is 15.7. The third-order valence-electron chi connectivity index (χ3n) is 3.80. The van der Waals surface area contributed by atoms with Crippen LogP contribution in [0.5, 0.6) is 0 Å². The van der Waals surface area contributed by atoms with Crippen LogP contribution in [0.25, 0.3) is 10.8 Å². The van der Waals surface area contributed by atoms with Crippen LogP contribution in [0.15, 0.2) is 36.4 Å². The molecule has 0 bridgehead atoms. The number of likely N-dealkylation sites (tertiary alicyclic amines) is 1. The third kappa shape index (κ3) is 2.37. The maximum atomic E-state index is 12.4. The Morgan fingerprint density at radius 3 is 2.63 bits per heavy atom. The second-order valence-electron chi connectivity index (χ2n) is 5.14. The topological polar surface area (TPSA) is 20.3 Å². The van der Waals surface area contributed by atoms with Crippen molar-refractivity contribution in [3.05, 3.63) is 42.0 Å². The van der Waals surface area contributed by atoms with E-state index in [1.807, 2.05) is 41.3 Å². The molecule has 3 heteroatoms. The fraction of sp³-hybridized carbons (Fsp3) is 0.312. The van der Waals surface area contributed by atoms with Crippen LogP contribution >= 0.6 is 0 Å². The molecule has 0 spiro atoms. The zero-order chi connectivity index (χ0) is 13.2. The highest BCUT2D eigenvalue weighted by Gasteiger charge is 2.18. The van der Waals surface area contributed by atoms with Gasteiger partial charge in [-0.25, -0.2) is 0 Å². The van der Waals surface area contributed by atoms with Crippen LogP contribution in [0.3, 0.4) is 0 Å². The maximum Gasteiger partial charge on any atom is 0.253 e. The van der Waals surface area contributed by atoms with E-state index in [0.717, 1.165) is 47.7 Å². The summed E-state index contributed by atoms with van der Waals surface area (Å²) >= 11 is 0. The Balaban J connectivity index is 1.94. The molecule has 1 aliphatic rings. The summed E-state index contributed by atoms with van der Waals surface area (Å²) in [4.78, 5) is 14.4. The fourth-order valence-electron chi connectivity index (χ4n) is 2.72. The summed E-state index contributed by atoms with van der Waals surface area (Å²) in [7, 11) is 5.93. The van der Waals surface area contributed by atoms with Gasteiger partial charge in [-0.2, -0.15) is 0 Å². The van der Waals surface area contributed by atoms with Gasteiger partial charge in [0.1, 0.15) is 7.85 Å². The Morgan fingerprint density at radius 2 is 1.84 bits per heavy atom. The van der Waals surface area contributed by atoms with Gasteiger partial charge in [0, 0.05) is 18.7 Å². The smallest absolute Gasteiger partial charge is 0.253 e. The number of amides is 1. The van der Waals surface area contributed by atoms with E-state index in [0.29, 0.717) is 0 Å². The molecule has 1 aliphatic heterocycles. The molecule has 2 radical (unpaired) electrons. The predicted molar refractivity (Wildman–Crippen MR) is 79.1 cm³/mol. The summed E-state index contributed by atoms with van der Waals surface area (Å²) in [5.41, 5.74) is 1.52. The third-order valence-corrected chi connectivity index (χ3v) is 3.80. The van der Waals surface area contributed by atoms with Gasteiger partial charge in [-0.15, -0.1) is 0 Å². The van der Waals surface area contributed by atoms with Crippen LogP contribution in [-0.4, -0.2) is 31.7 Å². The molecule has 0 N–H and O–H groups in total. The second-order valence-corrected chi connectivity index (χ2v) is 5.14. The molecule has 0 unspecified atom stereocenters. The monoisotopic (exact) mass is 249 g/mol. The molecular weight excluding hydrogens is 233 g/mol. The van der Waals surface area contributed by atoms with Crippen molar-refractivity contribution in [2.45, 2.75) is 19.3 Å². The Labute approximate surface area is 114 Å². The van der Waals surface area contributed by atoms with Gasteiger partial charge in [-0.05, 0) is 42.2 Å². The predicted octanol–water partition coefficient (Wildman–Crippen LogP) is 2.26. The minimum atomic E-state index is 0.143. The highest BCUT2D eigenvalue weighted by Crippen LogP contribution is 2.17. The zero-order valence-corrected chi connectivity index (χ0v) is 10.9. The van der Waals surface area contributed by atoms with E-state index in [9.17, 15) is 4.79 Å². The number of carbonyl (C=O) groups excluding carboxylic acids is 1. The summed E-state index contributed by atoms with van der Waals surface area (Å²) in [6, 6.07) is 11.6. The van der Waals surface area contributed by atoms with E-state index in [2.05, 4.69) is 0 Å². The van der Waals surface area contributed by atoms with Gasteiger partial charge in [0.15, 0.2) is 0 Å². The number of piperidine rings is 1. The van der Waals surface area contributed by atoms with Gasteiger partial charge < -0.3 is 4.90 Å². The van der Waals surface area contributed by atoms with E-state index >= 15 is 0 Å². The number of fused-ring (bicyclic) bond motifs is 1. The first kappa shape index (κ1) is 12.3. The molecule has 2 aromatic rings. The Hall–Kier alpha value is -1.77. The lowest BCUT2D eigenvalue weighted by Crippen LogP contribution is -2.35. The van der Waals surface area contributed by atoms with Gasteiger partial charge in [0.2, 0.25) is 0 Å². The van der Waals surface area contributed by atoms with Crippen molar-refractivity contribution in [3.63, 3.8) is 0 Å². The molecule has 2 nitrogen and oxygen atoms in total. The first-order valence-electron chi connectivity index (χ1n) is 6.83. The van der Waals surface area contributed by atoms with E-state index in [4.69, 9.17) is 7.85 Å². The molecule has 0 atom stereocenters. The van der Waals surface area contributed by atoms with E-state index in [1.165, 1.54) is 6.42 Å². The lowest BCUT2D eigenvalue weighted by atomic mass is 9.89. The summed E-state index contributed by atoms with van der Waals surface area (Å²) in [5.74, 6) is 0.143. The average molecular weight is 249 g/mol. The Kier molecular flexibility index (Phi) is 3.28. The highest BCUT2D eigenvalue weighted by molar-refractivity contribution is 6.38. The van der Waals surface area contributed by atoms with E-state index in [1.54, 1.807) is 0 Å². The summed E-state index contributed by atoms with van der Waals surface area (Å²) in [6.45, 7) is 1.77. The maximum absolute atomic E-state index is 12.4. The standard InChI is InChI=1S/C16H16BNO/c17-15-6-4-5-12-11-13(7-8-14(12)15)16(19)18-9-2-1-3-10-18/h4-8,11H,1-3,9-10H2. The number of benzene rings is 2. The molecule has 3 rings (SSSR count). The van der Waals surface area contributed by atoms with E-state index < -0.39 is 0 Å². The fourth-order valence-corrected chi connectivity index (χ4v) is 2.72. The van der Waals surface area contributed by atoms with Crippen LogP contribution in [0.2, 0.25) is 0 Å². The lowest BCUT2D eigenvalue weighted by molar-refractivity contribution is 0.0724. The van der Waals surface area contributed by atoms with Crippen LogP contribution in [-0.2, 0) is 0 Å². The van der Waals surface area contributed by atoms with Crippen molar-refractivity contribution >= 4 is 30.0 Å². The van der Waals surface area contributed by atoms with Crippen molar-refractivity contribution in [1.29, 1.82) is 0 Å². The molecule has 1 saturated heterocycles. The van der Waals surface area contributed by atoms with Gasteiger partial charge >= 0.3 is 0 Å². The summed E-state index contributed by atoms with van der Waals surface area (Å²) in [6.07, 6.45) is 3.47. The number of hydrogen-bond donors (Lipinski definition) is 0. The van der Waals surface area contributed by atoms with Gasteiger partial charge in [0.05, 0.1) is 0 Å². The summed E-state index contributed by atoms with van der Waals surface area (Å²) in [5, 5.41) is 2.04. The molecule has 1 fully saturated rings. The largest absolute Gasteiger partial charge is 0.339 e. The number of rotatable bonds is 1. The van der Waals surface area contributed by atoms with Crippen LogP contribution in [0, 0.1) is 0 Å². The van der Waals surface area contributed by atoms with Crippen LogP contribution < -0.4 is 5.46 Å². The average Bonchev–Trinajstić information content (AvgIpc) is 2.47. The van der Waals surface area contributed by atoms with Crippen molar-refractivity contribution in [2.75, 3.05) is 13.1 Å². The zero-order valence-electron chi connectivity index (χ0n) is 10.9. The Bertz CT molecular complexity index is 617. The van der Waals surface area contributed by atoms with Crippen molar-refractivity contribution < 1.29 is 4.79 Å². The van der Waals surface area contributed by atoms with Gasteiger partial charge in [-0.1, -0.05) is 29.7 Å². The molecule has 0 aliphatic carbocycles. The molecule has 94 valence electrons. The number of nitrogens with zero attached hydrogens (tertiary/aromatic N) is 1. The van der Waals surface area contributed by atoms with Crippen LogP contribution in [0.4, 0.5) is 0 Å². The second kappa shape index (κ2) is 5.08. The molecule has 0 saturated carbocycles. The first-order valence-corrected chi connectivity index (χ1v) is 6.83. The molecule has 2 aromatic carbocycles. The quantitative estimate of drug-likeness (QED) is 0.710. The van der Waals surface area contributed by atoms with Crippen molar-refractivity contribution in [2.24, 2.45) is 0 Å². The van der Waals surface area contributed by atoms with Gasteiger partial charge in [-0.3, -0.25) is 4.79 Å². The van der Waals surface area contributed by atoms with Crippen molar-refractivity contribution in [1.82, 2.24) is 4.90 Å². The summed E-state index contributed by atoms with van der Waals surface area (Å²) < 4.78 is 0. The highest BCUT2D eigenvalue weighted by atomic mass is 16.2. The first-order chi connectivity index (χ1) is 9.25. The van der Waals surface area contributed by atoms with Gasteiger partial charge in [0.25, 0.3) is 5.91 Å². The minimum Gasteiger partial charge on any atom is -0.339 e. The molecule has 19 heavy (non-hydrogen) atoms. The van der Waals surface area contributed by atoms with E-state index in [-0.39, 0.29) is 5.91 Å². The number of hydrogen-bond acceptors (Lipinski definition) is 1. The Morgan fingerprint density at radius 1 is 1.05 bits per heavy atom. The minimum absolute atomic E-state index is 0.143.